The van der Waals surface area contributed by atoms with Gasteiger partial charge in [0.1, 0.15) is 0 Å². The molecule has 0 aromatic heterocycles. The first-order valence-corrected chi connectivity index (χ1v) is 6.58. The average Bonchev–Trinajstić information content (AvgIpc) is 2.25. The molecule has 3 nitrogen and oxygen atoms in total. The van der Waals surface area contributed by atoms with Crippen molar-refractivity contribution < 1.29 is 4.79 Å². The Balaban J connectivity index is 2.06. The molecule has 1 rings (SSSR count). The zero-order chi connectivity index (χ0) is 12.0. The lowest BCUT2D eigenvalue weighted by molar-refractivity contribution is -0.129. The van der Waals surface area contributed by atoms with E-state index in [1.807, 2.05) is 4.90 Å². The van der Waals surface area contributed by atoms with E-state index in [0.29, 0.717) is 6.04 Å². The minimum atomic E-state index is 0.221. The number of hydrogen-bond acceptors (Lipinski definition) is 2. The van der Waals surface area contributed by atoms with Gasteiger partial charge in [-0.1, -0.05) is 13.8 Å². The van der Waals surface area contributed by atoms with Gasteiger partial charge in [-0.25, -0.2) is 0 Å². The number of nitrogens with zero attached hydrogens (tertiary/aromatic N) is 1. The number of hydrogen-bond donors (Lipinski definition) is 1. The van der Waals surface area contributed by atoms with Crippen molar-refractivity contribution in [2.75, 3.05) is 19.6 Å². The Morgan fingerprint density at radius 2 is 2.00 bits per heavy atom. The van der Waals surface area contributed by atoms with Crippen LogP contribution in [-0.2, 0) is 4.79 Å². The molecule has 1 aliphatic heterocycles. The maximum absolute atomic E-state index is 11.1. The number of nitrogens with one attached hydrogen (secondary N) is 1. The molecule has 16 heavy (non-hydrogen) atoms. The second kappa shape index (κ2) is 6.89. The Hall–Kier alpha value is -0.570. The molecular formula is C13H26N2O. The molecule has 1 amide bonds. The molecule has 1 aliphatic rings. The van der Waals surface area contributed by atoms with Crippen LogP contribution in [0, 0.1) is 5.92 Å². The Kier molecular flexibility index (Phi) is 5.81. The van der Waals surface area contributed by atoms with Crippen molar-refractivity contribution >= 4 is 5.91 Å². The van der Waals surface area contributed by atoms with Crippen LogP contribution in [0.2, 0.25) is 0 Å². The molecule has 0 aliphatic carbocycles. The summed E-state index contributed by atoms with van der Waals surface area (Å²) in [5.74, 6) is 1.03. The van der Waals surface area contributed by atoms with Crippen LogP contribution in [0.4, 0.5) is 0 Å². The molecule has 1 fully saturated rings. The van der Waals surface area contributed by atoms with Gasteiger partial charge in [0.25, 0.3) is 0 Å². The van der Waals surface area contributed by atoms with Gasteiger partial charge >= 0.3 is 0 Å². The van der Waals surface area contributed by atoms with E-state index in [1.165, 1.54) is 12.8 Å². The number of carbonyl (C=O) groups is 1. The molecule has 1 heterocycles. The van der Waals surface area contributed by atoms with Crippen molar-refractivity contribution in [1.82, 2.24) is 10.2 Å². The smallest absolute Gasteiger partial charge is 0.219 e. The highest BCUT2D eigenvalue weighted by molar-refractivity contribution is 5.73. The van der Waals surface area contributed by atoms with E-state index >= 15 is 0 Å². The lowest BCUT2D eigenvalue weighted by Gasteiger charge is -2.31. The Morgan fingerprint density at radius 3 is 2.50 bits per heavy atom. The quantitative estimate of drug-likeness (QED) is 0.727. The second-order valence-corrected chi connectivity index (χ2v) is 5.27. The molecule has 0 radical (unpaired) electrons. The number of likely N-dealkylation sites (tertiary alicyclic amines) is 1. The topological polar surface area (TPSA) is 32.3 Å². The second-order valence-electron chi connectivity index (χ2n) is 5.27. The summed E-state index contributed by atoms with van der Waals surface area (Å²) in [5, 5.41) is 3.60. The number of amides is 1. The van der Waals surface area contributed by atoms with Crippen molar-refractivity contribution in [1.29, 1.82) is 0 Å². The first kappa shape index (κ1) is 13.5. The lowest BCUT2D eigenvalue weighted by Crippen LogP contribution is -2.44. The van der Waals surface area contributed by atoms with Crippen molar-refractivity contribution in [3.63, 3.8) is 0 Å². The van der Waals surface area contributed by atoms with Crippen LogP contribution in [0.3, 0.4) is 0 Å². The van der Waals surface area contributed by atoms with Gasteiger partial charge in [0.2, 0.25) is 5.91 Å². The molecule has 3 heteroatoms. The predicted molar refractivity (Wildman–Crippen MR) is 67.4 cm³/mol. The minimum absolute atomic E-state index is 0.221. The van der Waals surface area contributed by atoms with Gasteiger partial charge in [-0.2, -0.15) is 0 Å². The van der Waals surface area contributed by atoms with Crippen LogP contribution in [-0.4, -0.2) is 36.5 Å². The third-order valence-corrected chi connectivity index (χ3v) is 3.33. The maximum atomic E-state index is 11.1. The highest BCUT2D eigenvalue weighted by Crippen LogP contribution is 2.10. The van der Waals surface area contributed by atoms with Crippen LogP contribution in [0.25, 0.3) is 0 Å². The lowest BCUT2D eigenvalue weighted by atomic mass is 10.0. The number of rotatable bonds is 5. The molecule has 0 bridgehead atoms. The van der Waals surface area contributed by atoms with Crippen LogP contribution < -0.4 is 5.32 Å². The van der Waals surface area contributed by atoms with Gasteiger partial charge in [-0.15, -0.1) is 0 Å². The summed E-state index contributed by atoms with van der Waals surface area (Å²) in [7, 11) is 0. The standard InChI is InChI=1S/C13H26N2O/c1-11(2)5-4-8-14-13-6-9-15(10-7-13)12(3)16/h11,13-14H,4-10H2,1-3H3. The van der Waals surface area contributed by atoms with E-state index in [2.05, 4.69) is 19.2 Å². The molecule has 0 atom stereocenters. The monoisotopic (exact) mass is 226 g/mol. The summed E-state index contributed by atoms with van der Waals surface area (Å²) in [6.45, 7) is 9.18. The summed E-state index contributed by atoms with van der Waals surface area (Å²) >= 11 is 0. The molecule has 0 aromatic rings. The average molecular weight is 226 g/mol. The zero-order valence-corrected chi connectivity index (χ0v) is 11.0. The minimum Gasteiger partial charge on any atom is -0.343 e. The van der Waals surface area contributed by atoms with Gasteiger partial charge in [0.05, 0.1) is 0 Å². The Labute approximate surface area is 99.6 Å². The van der Waals surface area contributed by atoms with Crippen LogP contribution in [0.5, 0.6) is 0 Å². The maximum Gasteiger partial charge on any atom is 0.219 e. The first-order valence-electron chi connectivity index (χ1n) is 6.58. The third-order valence-electron chi connectivity index (χ3n) is 3.33. The Morgan fingerprint density at radius 1 is 1.38 bits per heavy atom. The highest BCUT2D eigenvalue weighted by atomic mass is 16.2. The molecule has 0 unspecified atom stereocenters. The molecule has 0 spiro atoms. The van der Waals surface area contributed by atoms with E-state index < -0.39 is 0 Å². The normalized spacial score (nSPS) is 18.1. The van der Waals surface area contributed by atoms with E-state index in [-0.39, 0.29) is 5.91 Å². The fraction of sp³-hybridized carbons (Fsp3) is 0.923. The highest BCUT2D eigenvalue weighted by Gasteiger charge is 2.19. The Bertz CT molecular complexity index is 208. The third kappa shape index (κ3) is 4.97. The van der Waals surface area contributed by atoms with E-state index in [9.17, 15) is 4.79 Å². The predicted octanol–water partition coefficient (Wildman–Crippen LogP) is 2.02. The van der Waals surface area contributed by atoms with Crippen molar-refractivity contribution in [2.45, 2.75) is 52.5 Å². The van der Waals surface area contributed by atoms with Gasteiger partial charge in [-0.05, 0) is 38.1 Å². The molecule has 0 aromatic carbocycles. The van der Waals surface area contributed by atoms with E-state index in [0.717, 1.165) is 38.4 Å². The largest absolute Gasteiger partial charge is 0.343 e. The molecular weight excluding hydrogens is 200 g/mol. The molecule has 1 N–H and O–H groups in total. The fourth-order valence-electron chi connectivity index (χ4n) is 2.22. The summed E-state index contributed by atoms with van der Waals surface area (Å²) in [6, 6.07) is 0.628. The van der Waals surface area contributed by atoms with Crippen molar-refractivity contribution in [3.05, 3.63) is 0 Å². The summed E-state index contributed by atoms with van der Waals surface area (Å²) < 4.78 is 0. The van der Waals surface area contributed by atoms with Crippen LogP contribution in [0.15, 0.2) is 0 Å². The molecule has 0 saturated carbocycles. The zero-order valence-electron chi connectivity index (χ0n) is 11.0. The van der Waals surface area contributed by atoms with Crippen molar-refractivity contribution in [2.24, 2.45) is 5.92 Å². The summed E-state index contributed by atoms with van der Waals surface area (Å²) in [6.07, 6.45) is 4.80. The number of piperidine rings is 1. The van der Waals surface area contributed by atoms with Crippen LogP contribution >= 0.6 is 0 Å². The van der Waals surface area contributed by atoms with E-state index in [1.54, 1.807) is 6.92 Å². The summed E-state index contributed by atoms with van der Waals surface area (Å²) in [4.78, 5) is 13.1. The van der Waals surface area contributed by atoms with Crippen molar-refractivity contribution in [3.8, 4) is 0 Å². The van der Waals surface area contributed by atoms with Crippen LogP contribution in [0.1, 0.15) is 46.5 Å². The van der Waals surface area contributed by atoms with Gasteiger partial charge in [-0.3, -0.25) is 4.79 Å². The summed E-state index contributed by atoms with van der Waals surface area (Å²) in [5.41, 5.74) is 0. The molecule has 1 saturated heterocycles. The fourth-order valence-corrected chi connectivity index (χ4v) is 2.22. The first-order chi connectivity index (χ1) is 7.59. The van der Waals surface area contributed by atoms with Gasteiger partial charge in [0.15, 0.2) is 0 Å². The molecule has 94 valence electrons. The van der Waals surface area contributed by atoms with Gasteiger partial charge < -0.3 is 10.2 Å². The van der Waals surface area contributed by atoms with Gasteiger partial charge in [0, 0.05) is 26.1 Å². The SMILES string of the molecule is CC(=O)N1CCC(NCCCC(C)C)CC1. The number of carbonyl (C=O) groups excluding carboxylic acids is 1. The van der Waals surface area contributed by atoms with E-state index in [4.69, 9.17) is 0 Å².